The van der Waals surface area contributed by atoms with Gasteiger partial charge in [0.2, 0.25) is 0 Å². The molecule has 0 bridgehead atoms. The molecule has 0 saturated heterocycles. The van der Waals surface area contributed by atoms with Gasteiger partial charge in [0.05, 0.1) is 6.61 Å². The Morgan fingerprint density at radius 2 is 1.55 bits per heavy atom. The second kappa shape index (κ2) is 6.62. The molecule has 0 radical (unpaired) electrons. The number of benzene rings is 1. The van der Waals surface area contributed by atoms with Crippen molar-refractivity contribution in [3.8, 4) is 5.75 Å². The highest BCUT2D eigenvalue weighted by molar-refractivity contribution is 5.31. The highest BCUT2D eigenvalue weighted by atomic mass is 16.5. The van der Waals surface area contributed by atoms with Gasteiger partial charge in [-0.05, 0) is 23.1 Å². The first-order valence-electron chi connectivity index (χ1n) is 7.57. The van der Waals surface area contributed by atoms with Gasteiger partial charge in [0.25, 0.3) is 0 Å². The number of nitrogens with one attached hydrogen (secondary N) is 1. The van der Waals surface area contributed by atoms with Gasteiger partial charge in [-0.1, -0.05) is 60.6 Å². The zero-order chi connectivity index (χ0) is 15.4. The van der Waals surface area contributed by atoms with E-state index in [1.165, 1.54) is 5.56 Å². The van der Waals surface area contributed by atoms with E-state index < -0.39 is 0 Å². The number of ether oxygens (including phenoxy) is 1. The lowest BCUT2D eigenvalue weighted by Crippen LogP contribution is -2.37. The quantitative estimate of drug-likeness (QED) is 0.833. The maximum Gasteiger partial charge on any atom is 0.119 e. The van der Waals surface area contributed by atoms with Crippen molar-refractivity contribution in [3.05, 3.63) is 29.8 Å². The first-order valence-corrected chi connectivity index (χ1v) is 7.57. The highest BCUT2D eigenvalue weighted by Gasteiger charge is 2.19. The molecule has 2 nitrogen and oxygen atoms in total. The summed E-state index contributed by atoms with van der Waals surface area (Å²) in [6.07, 6.45) is 0. The molecule has 0 fully saturated rings. The van der Waals surface area contributed by atoms with Crippen molar-refractivity contribution in [2.24, 2.45) is 5.41 Å². The number of hydrogen-bond donors (Lipinski definition) is 1. The van der Waals surface area contributed by atoms with Crippen molar-refractivity contribution in [3.63, 3.8) is 0 Å². The van der Waals surface area contributed by atoms with Gasteiger partial charge in [0, 0.05) is 18.0 Å². The van der Waals surface area contributed by atoms with Crippen LogP contribution < -0.4 is 10.1 Å². The smallest absolute Gasteiger partial charge is 0.119 e. The van der Waals surface area contributed by atoms with E-state index in [0.717, 1.165) is 18.9 Å². The molecule has 0 aliphatic carbocycles. The van der Waals surface area contributed by atoms with E-state index in [4.69, 9.17) is 4.74 Å². The number of rotatable bonds is 6. The summed E-state index contributed by atoms with van der Waals surface area (Å²) in [6.45, 7) is 17.2. The van der Waals surface area contributed by atoms with Crippen LogP contribution in [0.25, 0.3) is 0 Å². The van der Waals surface area contributed by atoms with Gasteiger partial charge in [0.1, 0.15) is 5.75 Å². The van der Waals surface area contributed by atoms with E-state index in [2.05, 4.69) is 78.0 Å². The molecule has 0 atom stereocenters. The summed E-state index contributed by atoms with van der Waals surface area (Å²) in [4.78, 5) is 0. The van der Waals surface area contributed by atoms with Gasteiger partial charge in [-0.2, -0.15) is 0 Å². The molecule has 0 aromatic heterocycles. The van der Waals surface area contributed by atoms with Crippen LogP contribution in [-0.2, 0) is 5.41 Å². The molecule has 114 valence electrons. The Labute approximate surface area is 124 Å². The van der Waals surface area contributed by atoms with Gasteiger partial charge in [0.15, 0.2) is 0 Å². The molecule has 0 saturated carbocycles. The minimum atomic E-state index is 0.132. The molecule has 20 heavy (non-hydrogen) atoms. The van der Waals surface area contributed by atoms with Gasteiger partial charge >= 0.3 is 0 Å². The second-order valence-electron chi connectivity index (χ2n) is 7.76. The maximum absolute atomic E-state index is 5.93. The standard InChI is InChI=1S/C18H31NO/c1-14(2)19-12-18(6,7)13-20-16-10-8-15(9-11-16)17(3,4)5/h8-11,14,19H,12-13H2,1-7H3. The molecule has 0 aliphatic heterocycles. The summed E-state index contributed by atoms with van der Waals surface area (Å²) >= 11 is 0. The van der Waals surface area contributed by atoms with Crippen molar-refractivity contribution < 1.29 is 4.74 Å². The van der Waals surface area contributed by atoms with E-state index in [0.29, 0.717) is 6.04 Å². The van der Waals surface area contributed by atoms with Gasteiger partial charge in [-0.3, -0.25) is 0 Å². The highest BCUT2D eigenvalue weighted by Crippen LogP contribution is 2.25. The van der Waals surface area contributed by atoms with E-state index in [1.807, 2.05) is 0 Å². The molecule has 1 rings (SSSR count). The molecule has 1 aromatic rings. The van der Waals surface area contributed by atoms with Crippen molar-refractivity contribution in [2.45, 2.75) is 59.9 Å². The predicted molar refractivity (Wildman–Crippen MR) is 87.6 cm³/mol. The first kappa shape index (κ1) is 17.0. The Morgan fingerprint density at radius 3 is 2.00 bits per heavy atom. The predicted octanol–water partition coefficient (Wildman–Crippen LogP) is 4.39. The largest absolute Gasteiger partial charge is 0.493 e. The van der Waals surface area contributed by atoms with Crippen LogP contribution in [0.3, 0.4) is 0 Å². The van der Waals surface area contributed by atoms with Crippen molar-refractivity contribution >= 4 is 0 Å². The Balaban J connectivity index is 2.53. The first-order chi connectivity index (χ1) is 9.10. The van der Waals surface area contributed by atoms with Crippen LogP contribution in [0.1, 0.15) is 54.0 Å². The summed E-state index contributed by atoms with van der Waals surface area (Å²) in [5.74, 6) is 0.954. The third-order valence-electron chi connectivity index (χ3n) is 3.34. The lowest BCUT2D eigenvalue weighted by Gasteiger charge is -2.26. The van der Waals surface area contributed by atoms with Gasteiger partial charge in [-0.15, -0.1) is 0 Å². The van der Waals surface area contributed by atoms with Crippen LogP contribution in [0, 0.1) is 5.41 Å². The Bertz CT molecular complexity index is 398. The topological polar surface area (TPSA) is 21.3 Å². The van der Waals surface area contributed by atoms with Crippen LogP contribution >= 0.6 is 0 Å². The fourth-order valence-electron chi connectivity index (χ4n) is 1.86. The molecule has 0 aliphatic rings. The monoisotopic (exact) mass is 277 g/mol. The van der Waals surface area contributed by atoms with Crippen LogP contribution in [0.4, 0.5) is 0 Å². The van der Waals surface area contributed by atoms with Crippen LogP contribution in [0.5, 0.6) is 5.75 Å². The normalized spacial score (nSPS) is 12.8. The van der Waals surface area contributed by atoms with E-state index in [9.17, 15) is 0 Å². The number of hydrogen-bond acceptors (Lipinski definition) is 2. The summed E-state index contributed by atoms with van der Waals surface area (Å²) in [6, 6.07) is 8.99. The molecule has 0 heterocycles. The Morgan fingerprint density at radius 1 is 1.00 bits per heavy atom. The maximum atomic E-state index is 5.93. The summed E-state index contributed by atoms with van der Waals surface area (Å²) in [5.41, 5.74) is 1.66. The molecule has 0 amide bonds. The van der Waals surface area contributed by atoms with E-state index >= 15 is 0 Å². The molecular formula is C18H31NO. The average Bonchev–Trinajstić information content (AvgIpc) is 2.34. The zero-order valence-electron chi connectivity index (χ0n) is 14.2. The molecule has 0 unspecified atom stereocenters. The van der Waals surface area contributed by atoms with Gasteiger partial charge < -0.3 is 10.1 Å². The molecule has 1 N–H and O–H groups in total. The molecular weight excluding hydrogens is 246 g/mol. The summed E-state index contributed by atoms with van der Waals surface area (Å²) in [7, 11) is 0. The van der Waals surface area contributed by atoms with E-state index in [-0.39, 0.29) is 10.8 Å². The van der Waals surface area contributed by atoms with E-state index in [1.54, 1.807) is 0 Å². The van der Waals surface area contributed by atoms with Crippen LogP contribution in [0.2, 0.25) is 0 Å². The lowest BCUT2D eigenvalue weighted by molar-refractivity contribution is 0.173. The second-order valence-corrected chi connectivity index (χ2v) is 7.76. The minimum absolute atomic E-state index is 0.132. The third kappa shape index (κ3) is 5.96. The fraction of sp³-hybridized carbons (Fsp3) is 0.667. The lowest BCUT2D eigenvalue weighted by atomic mass is 9.87. The third-order valence-corrected chi connectivity index (χ3v) is 3.34. The Hall–Kier alpha value is -1.02. The SMILES string of the molecule is CC(C)NCC(C)(C)COc1ccc(C(C)(C)C)cc1. The summed E-state index contributed by atoms with van der Waals surface area (Å²) in [5, 5.41) is 3.47. The fourth-order valence-corrected chi connectivity index (χ4v) is 1.86. The Kier molecular flexibility index (Phi) is 5.64. The van der Waals surface area contributed by atoms with Crippen molar-refractivity contribution in [1.29, 1.82) is 0 Å². The van der Waals surface area contributed by atoms with Crippen LogP contribution in [0.15, 0.2) is 24.3 Å². The zero-order valence-corrected chi connectivity index (χ0v) is 14.2. The molecule has 1 aromatic carbocycles. The minimum Gasteiger partial charge on any atom is -0.493 e. The molecule has 0 spiro atoms. The van der Waals surface area contributed by atoms with Crippen LogP contribution in [-0.4, -0.2) is 19.2 Å². The molecule has 2 heteroatoms. The van der Waals surface area contributed by atoms with Gasteiger partial charge in [-0.25, -0.2) is 0 Å². The van der Waals surface area contributed by atoms with Crippen molar-refractivity contribution in [1.82, 2.24) is 5.32 Å². The van der Waals surface area contributed by atoms with Crippen molar-refractivity contribution in [2.75, 3.05) is 13.2 Å². The summed E-state index contributed by atoms with van der Waals surface area (Å²) < 4.78 is 5.93. The average molecular weight is 277 g/mol.